The predicted molar refractivity (Wildman–Crippen MR) is 47.8 cm³/mol. The highest BCUT2D eigenvalue weighted by molar-refractivity contribution is 5.89. The molecule has 0 aliphatic carbocycles. The van der Waals surface area contributed by atoms with Crippen LogP contribution in [-0.4, -0.2) is 13.1 Å². The number of rotatable bonds is 2. The number of carbonyl (C=O) groups is 1. The Hall–Kier alpha value is -1.64. The van der Waals surface area contributed by atoms with Crippen LogP contribution in [0.5, 0.6) is 0 Å². The third-order valence-corrected chi connectivity index (χ3v) is 1.64. The monoisotopic (exact) mass is 180 g/mol. The molecule has 1 aromatic rings. The first-order chi connectivity index (χ1) is 6.19. The van der Waals surface area contributed by atoms with E-state index in [-0.39, 0.29) is 5.56 Å². The molecule has 3 heteroatoms. The van der Waals surface area contributed by atoms with Gasteiger partial charge in [-0.1, -0.05) is 18.7 Å². The maximum absolute atomic E-state index is 13.1. The van der Waals surface area contributed by atoms with Crippen molar-refractivity contribution in [1.82, 2.24) is 0 Å². The summed E-state index contributed by atoms with van der Waals surface area (Å²) >= 11 is 0. The van der Waals surface area contributed by atoms with Crippen LogP contribution in [0.15, 0.2) is 24.8 Å². The molecule has 0 atom stereocenters. The van der Waals surface area contributed by atoms with E-state index in [4.69, 9.17) is 0 Å². The highest BCUT2D eigenvalue weighted by Gasteiger charge is 2.07. The van der Waals surface area contributed by atoms with Gasteiger partial charge in [-0.2, -0.15) is 0 Å². The van der Waals surface area contributed by atoms with Gasteiger partial charge in [-0.3, -0.25) is 0 Å². The van der Waals surface area contributed by atoms with E-state index in [1.54, 1.807) is 0 Å². The molecule has 13 heavy (non-hydrogen) atoms. The van der Waals surface area contributed by atoms with Crippen LogP contribution in [0.4, 0.5) is 4.39 Å². The Bertz CT molecular complexity index is 345. The average Bonchev–Trinajstić information content (AvgIpc) is 2.16. The van der Waals surface area contributed by atoms with E-state index >= 15 is 0 Å². The molecule has 0 aliphatic heterocycles. The lowest BCUT2D eigenvalue weighted by Crippen LogP contribution is -2.01. The Kier molecular flexibility index (Phi) is 2.80. The molecule has 0 heterocycles. The fourth-order valence-electron chi connectivity index (χ4n) is 0.937. The van der Waals surface area contributed by atoms with E-state index in [0.717, 1.165) is 6.07 Å². The van der Waals surface area contributed by atoms with Crippen molar-refractivity contribution in [3.8, 4) is 0 Å². The standard InChI is InChI=1S/C10H9FO2/c1-3-7-4-5-8(6-9(7)11)10(12)13-2/h3-6H,1H2,2H3. The fourth-order valence-corrected chi connectivity index (χ4v) is 0.937. The molecular weight excluding hydrogens is 171 g/mol. The van der Waals surface area contributed by atoms with Gasteiger partial charge in [0.25, 0.3) is 0 Å². The van der Waals surface area contributed by atoms with Gasteiger partial charge in [-0.05, 0) is 12.1 Å². The van der Waals surface area contributed by atoms with Crippen molar-refractivity contribution in [2.45, 2.75) is 0 Å². The van der Waals surface area contributed by atoms with Gasteiger partial charge in [0, 0.05) is 5.56 Å². The number of halogens is 1. The summed E-state index contributed by atoms with van der Waals surface area (Å²) in [4.78, 5) is 11.0. The zero-order valence-corrected chi connectivity index (χ0v) is 7.21. The number of methoxy groups -OCH3 is 1. The zero-order valence-electron chi connectivity index (χ0n) is 7.21. The molecule has 0 amide bonds. The Morgan fingerprint density at radius 3 is 2.77 bits per heavy atom. The predicted octanol–water partition coefficient (Wildman–Crippen LogP) is 2.26. The van der Waals surface area contributed by atoms with E-state index in [9.17, 15) is 9.18 Å². The van der Waals surface area contributed by atoms with Crippen molar-refractivity contribution in [2.75, 3.05) is 7.11 Å². The molecule has 0 unspecified atom stereocenters. The lowest BCUT2D eigenvalue weighted by atomic mass is 10.1. The molecule has 0 radical (unpaired) electrons. The second-order valence-corrected chi connectivity index (χ2v) is 2.43. The number of benzene rings is 1. The largest absolute Gasteiger partial charge is 0.465 e. The molecule has 0 saturated carbocycles. The third-order valence-electron chi connectivity index (χ3n) is 1.64. The third kappa shape index (κ3) is 1.93. The molecule has 0 aromatic heterocycles. The molecule has 0 bridgehead atoms. The number of esters is 1. The Balaban J connectivity index is 3.09. The first-order valence-corrected chi connectivity index (χ1v) is 3.69. The molecule has 0 aliphatic rings. The van der Waals surface area contributed by atoms with Crippen LogP contribution < -0.4 is 0 Å². The maximum Gasteiger partial charge on any atom is 0.337 e. The molecule has 1 aromatic carbocycles. The van der Waals surface area contributed by atoms with E-state index < -0.39 is 11.8 Å². The van der Waals surface area contributed by atoms with E-state index in [0.29, 0.717) is 5.56 Å². The summed E-state index contributed by atoms with van der Waals surface area (Å²) in [7, 11) is 1.25. The average molecular weight is 180 g/mol. The first-order valence-electron chi connectivity index (χ1n) is 3.69. The summed E-state index contributed by atoms with van der Waals surface area (Å²) in [5.41, 5.74) is 0.568. The Morgan fingerprint density at radius 2 is 2.31 bits per heavy atom. The van der Waals surface area contributed by atoms with Gasteiger partial charge in [-0.25, -0.2) is 9.18 Å². The number of ether oxygens (including phenoxy) is 1. The van der Waals surface area contributed by atoms with Gasteiger partial charge in [-0.15, -0.1) is 0 Å². The number of hydrogen-bond acceptors (Lipinski definition) is 2. The lowest BCUT2D eigenvalue weighted by Gasteiger charge is -2.00. The molecule has 0 N–H and O–H groups in total. The van der Waals surface area contributed by atoms with Crippen molar-refractivity contribution in [2.24, 2.45) is 0 Å². The van der Waals surface area contributed by atoms with Gasteiger partial charge in [0.15, 0.2) is 0 Å². The van der Waals surface area contributed by atoms with Gasteiger partial charge in [0.2, 0.25) is 0 Å². The van der Waals surface area contributed by atoms with Crippen LogP contribution in [0.2, 0.25) is 0 Å². The normalized spacial score (nSPS) is 9.38. The molecule has 0 fully saturated rings. The second kappa shape index (κ2) is 3.85. The smallest absolute Gasteiger partial charge is 0.337 e. The van der Waals surface area contributed by atoms with Crippen LogP contribution in [0.25, 0.3) is 6.08 Å². The Labute approximate surface area is 75.6 Å². The molecule has 0 spiro atoms. The molecule has 68 valence electrons. The minimum Gasteiger partial charge on any atom is -0.465 e. The molecule has 1 rings (SSSR count). The zero-order chi connectivity index (χ0) is 9.84. The molecule has 0 saturated heterocycles. The van der Waals surface area contributed by atoms with Crippen LogP contribution in [0.3, 0.4) is 0 Å². The lowest BCUT2D eigenvalue weighted by molar-refractivity contribution is 0.0600. The summed E-state index contributed by atoms with van der Waals surface area (Å²) in [6.45, 7) is 3.43. The van der Waals surface area contributed by atoms with Crippen molar-refractivity contribution in [1.29, 1.82) is 0 Å². The Morgan fingerprint density at radius 1 is 1.62 bits per heavy atom. The SMILES string of the molecule is C=Cc1ccc(C(=O)OC)cc1F. The van der Waals surface area contributed by atoms with Gasteiger partial charge in [0.1, 0.15) is 5.82 Å². The van der Waals surface area contributed by atoms with Gasteiger partial charge >= 0.3 is 5.97 Å². The van der Waals surface area contributed by atoms with Gasteiger partial charge < -0.3 is 4.74 Å². The van der Waals surface area contributed by atoms with Crippen LogP contribution >= 0.6 is 0 Å². The fraction of sp³-hybridized carbons (Fsp3) is 0.100. The summed E-state index contributed by atoms with van der Waals surface area (Å²) in [6.07, 6.45) is 1.39. The minimum atomic E-state index is -0.547. The van der Waals surface area contributed by atoms with Crippen molar-refractivity contribution < 1.29 is 13.9 Å². The van der Waals surface area contributed by atoms with E-state index in [2.05, 4.69) is 11.3 Å². The van der Waals surface area contributed by atoms with Crippen LogP contribution in [0.1, 0.15) is 15.9 Å². The van der Waals surface area contributed by atoms with E-state index in [1.807, 2.05) is 0 Å². The minimum absolute atomic E-state index is 0.200. The van der Waals surface area contributed by atoms with Crippen LogP contribution in [0, 0.1) is 5.82 Å². The quantitative estimate of drug-likeness (QED) is 0.652. The summed E-state index contributed by atoms with van der Waals surface area (Å²) < 4.78 is 17.5. The topological polar surface area (TPSA) is 26.3 Å². The number of carbonyl (C=O) groups excluding carboxylic acids is 1. The van der Waals surface area contributed by atoms with Gasteiger partial charge in [0.05, 0.1) is 12.7 Å². The summed E-state index contributed by atoms with van der Waals surface area (Å²) in [5, 5.41) is 0. The summed E-state index contributed by atoms with van der Waals surface area (Å²) in [5.74, 6) is -1.02. The van der Waals surface area contributed by atoms with Crippen molar-refractivity contribution >= 4 is 12.0 Å². The highest BCUT2D eigenvalue weighted by Crippen LogP contribution is 2.11. The highest BCUT2D eigenvalue weighted by atomic mass is 19.1. The number of hydrogen-bond donors (Lipinski definition) is 0. The first kappa shape index (κ1) is 9.45. The molecule has 2 nitrogen and oxygen atoms in total. The van der Waals surface area contributed by atoms with Crippen molar-refractivity contribution in [3.05, 3.63) is 41.7 Å². The summed E-state index contributed by atoms with van der Waals surface area (Å²) in [6, 6.07) is 4.10. The van der Waals surface area contributed by atoms with Crippen molar-refractivity contribution in [3.63, 3.8) is 0 Å². The second-order valence-electron chi connectivity index (χ2n) is 2.43. The maximum atomic E-state index is 13.1. The molecular formula is C10H9FO2. The van der Waals surface area contributed by atoms with Crippen LogP contribution in [-0.2, 0) is 4.74 Å². The van der Waals surface area contributed by atoms with E-state index in [1.165, 1.54) is 25.3 Å².